The Morgan fingerprint density at radius 2 is 1.59 bits per heavy atom. The number of rotatable bonds is 4. The van der Waals surface area contributed by atoms with Gasteiger partial charge in [0.15, 0.2) is 0 Å². The molecular weight excluding hydrogens is 415 g/mol. The average molecular weight is 439 g/mol. The topological polar surface area (TPSA) is 74.8 Å². The number of nitrogens with zero attached hydrogens (tertiary/aromatic N) is 2. The van der Waals surface area contributed by atoms with Crippen LogP contribution in [0.5, 0.6) is 0 Å². The number of hydrogen-bond donors (Lipinski definition) is 0. The van der Waals surface area contributed by atoms with Gasteiger partial charge in [0.25, 0.3) is 10.0 Å². The highest BCUT2D eigenvalue weighted by Gasteiger charge is 2.34. The van der Waals surface area contributed by atoms with Crippen molar-refractivity contribution in [1.29, 1.82) is 0 Å². The largest absolute Gasteiger partial charge is 0.267 e. The summed E-state index contributed by atoms with van der Waals surface area (Å²) in [7, 11) is -7.67. The SMILES string of the molecule is Cc1ccc(F)c(S(=O)(=O)N2CCc3cc(S(=O)(=O)N4CCCCC4)ccc32)c1. The predicted octanol–water partition coefficient (Wildman–Crippen LogP) is 3.06. The summed E-state index contributed by atoms with van der Waals surface area (Å²) in [4.78, 5) is -0.186. The van der Waals surface area contributed by atoms with Crippen molar-refractivity contribution < 1.29 is 21.2 Å². The van der Waals surface area contributed by atoms with Crippen LogP contribution in [0.25, 0.3) is 0 Å². The summed E-state index contributed by atoms with van der Waals surface area (Å²) in [5.41, 5.74) is 1.69. The van der Waals surface area contributed by atoms with Crippen molar-refractivity contribution in [3.8, 4) is 0 Å². The Kier molecular flexibility index (Phi) is 5.16. The number of benzene rings is 2. The number of sulfonamides is 2. The Morgan fingerprint density at radius 3 is 2.31 bits per heavy atom. The van der Waals surface area contributed by atoms with Crippen LogP contribution in [0.3, 0.4) is 0 Å². The molecule has 0 atom stereocenters. The van der Waals surface area contributed by atoms with Gasteiger partial charge < -0.3 is 0 Å². The molecule has 156 valence electrons. The lowest BCUT2D eigenvalue weighted by Gasteiger charge is -2.26. The third-order valence-electron chi connectivity index (χ3n) is 5.51. The fraction of sp³-hybridized carbons (Fsp3) is 0.400. The zero-order chi connectivity index (χ0) is 20.8. The molecule has 0 amide bonds. The van der Waals surface area contributed by atoms with E-state index in [9.17, 15) is 21.2 Å². The number of fused-ring (bicyclic) bond motifs is 1. The lowest BCUT2D eigenvalue weighted by atomic mass is 10.2. The van der Waals surface area contributed by atoms with Crippen molar-refractivity contribution in [3.05, 3.63) is 53.3 Å². The van der Waals surface area contributed by atoms with Crippen LogP contribution in [-0.2, 0) is 26.5 Å². The Labute approximate surface area is 171 Å². The van der Waals surface area contributed by atoms with Gasteiger partial charge in [-0.05, 0) is 67.6 Å². The standard InChI is InChI=1S/C20H23FN2O4S2/c1-15-5-7-18(21)20(13-15)29(26,27)23-12-9-16-14-17(6-8-19(16)23)28(24,25)22-10-3-2-4-11-22/h5-8,13-14H,2-4,9-12H2,1H3. The van der Waals surface area contributed by atoms with E-state index in [2.05, 4.69) is 0 Å². The zero-order valence-electron chi connectivity index (χ0n) is 16.1. The first-order valence-corrected chi connectivity index (χ1v) is 12.5. The van der Waals surface area contributed by atoms with E-state index in [-0.39, 0.29) is 16.3 Å². The molecule has 0 radical (unpaired) electrons. The molecule has 4 rings (SSSR count). The second kappa shape index (κ2) is 7.37. The maximum absolute atomic E-state index is 14.2. The van der Waals surface area contributed by atoms with Gasteiger partial charge in [-0.2, -0.15) is 4.31 Å². The van der Waals surface area contributed by atoms with Crippen molar-refractivity contribution in [2.45, 2.75) is 42.4 Å². The second-order valence-corrected chi connectivity index (χ2v) is 11.3. The molecule has 0 aliphatic carbocycles. The molecule has 6 nitrogen and oxygen atoms in total. The van der Waals surface area contributed by atoms with Gasteiger partial charge in [0.05, 0.1) is 10.6 Å². The fourth-order valence-electron chi connectivity index (χ4n) is 3.94. The van der Waals surface area contributed by atoms with Gasteiger partial charge in [-0.15, -0.1) is 0 Å². The number of halogens is 1. The molecule has 2 aromatic rings. The molecule has 0 spiro atoms. The van der Waals surface area contributed by atoms with Crippen molar-refractivity contribution in [2.24, 2.45) is 0 Å². The van der Waals surface area contributed by atoms with E-state index < -0.39 is 25.9 Å². The van der Waals surface area contributed by atoms with Crippen LogP contribution in [0.2, 0.25) is 0 Å². The molecule has 0 unspecified atom stereocenters. The first kappa shape index (κ1) is 20.3. The molecule has 0 saturated carbocycles. The Balaban J connectivity index is 1.69. The lowest BCUT2D eigenvalue weighted by Crippen LogP contribution is -2.35. The Bertz CT molecular complexity index is 1160. The smallest absolute Gasteiger partial charge is 0.266 e. The van der Waals surface area contributed by atoms with E-state index in [1.54, 1.807) is 13.0 Å². The third-order valence-corrected chi connectivity index (χ3v) is 9.23. The summed E-state index contributed by atoms with van der Waals surface area (Å²) in [6.45, 7) is 2.87. The average Bonchev–Trinajstić information content (AvgIpc) is 3.14. The lowest BCUT2D eigenvalue weighted by molar-refractivity contribution is 0.346. The summed E-state index contributed by atoms with van der Waals surface area (Å²) in [5.74, 6) is -0.798. The van der Waals surface area contributed by atoms with Gasteiger partial charge in [0, 0.05) is 19.6 Å². The minimum absolute atomic E-state index is 0.151. The summed E-state index contributed by atoms with van der Waals surface area (Å²) >= 11 is 0. The molecule has 2 heterocycles. The van der Waals surface area contributed by atoms with Crippen LogP contribution in [0, 0.1) is 12.7 Å². The van der Waals surface area contributed by atoms with E-state index >= 15 is 0 Å². The van der Waals surface area contributed by atoms with Gasteiger partial charge in [-0.3, -0.25) is 4.31 Å². The van der Waals surface area contributed by atoms with Crippen molar-refractivity contribution in [3.63, 3.8) is 0 Å². The van der Waals surface area contributed by atoms with E-state index in [1.807, 2.05) is 0 Å². The van der Waals surface area contributed by atoms with E-state index in [4.69, 9.17) is 0 Å². The van der Waals surface area contributed by atoms with Crippen molar-refractivity contribution in [2.75, 3.05) is 23.9 Å². The number of hydrogen-bond acceptors (Lipinski definition) is 4. The van der Waals surface area contributed by atoms with Crippen LogP contribution in [0.4, 0.5) is 10.1 Å². The highest BCUT2D eigenvalue weighted by molar-refractivity contribution is 7.92. The molecule has 1 saturated heterocycles. The molecule has 2 aromatic carbocycles. The van der Waals surface area contributed by atoms with Crippen LogP contribution in [0.1, 0.15) is 30.4 Å². The van der Waals surface area contributed by atoms with Crippen LogP contribution < -0.4 is 4.31 Å². The molecule has 0 bridgehead atoms. The van der Waals surface area contributed by atoms with Gasteiger partial charge in [-0.1, -0.05) is 12.5 Å². The molecular formula is C20H23FN2O4S2. The molecule has 2 aliphatic rings. The van der Waals surface area contributed by atoms with Crippen LogP contribution in [-0.4, -0.2) is 40.8 Å². The van der Waals surface area contributed by atoms with Crippen molar-refractivity contribution >= 4 is 25.7 Å². The number of aryl methyl sites for hydroxylation is 1. The normalized spacial score (nSPS) is 18.1. The highest BCUT2D eigenvalue weighted by atomic mass is 32.2. The van der Waals surface area contributed by atoms with Crippen LogP contribution >= 0.6 is 0 Å². The van der Waals surface area contributed by atoms with Gasteiger partial charge in [0.1, 0.15) is 10.7 Å². The maximum atomic E-state index is 14.2. The summed E-state index contributed by atoms with van der Waals surface area (Å²) in [6.07, 6.45) is 3.10. The number of piperidine rings is 1. The molecule has 0 aromatic heterocycles. The third kappa shape index (κ3) is 3.55. The second-order valence-electron chi connectivity index (χ2n) is 7.52. The minimum Gasteiger partial charge on any atom is -0.266 e. The molecule has 9 heteroatoms. The summed E-state index contributed by atoms with van der Waals surface area (Å²) in [6, 6.07) is 8.50. The van der Waals surface area contributed by atoms with Gasteiger partial charge in [0.2, 0.25) is 10.0 Å². The quantitative estimate of drug-likeness (QED) is 0.735. The van der Waals surface area contributed by atoms with E-state index in [0.29, 0.717) is 36.3 Å². The first-order chi connectivity index (χ1) is 13.7. The van der Waals surface area contributed by atoms with Gasteiger partial charge in [-0.25, -0.2) is 21.2 Å². The number of anilines is 1. The Morgan fingerprint density at radius 1 is 0.862 bits per heavy atom. The zero-order valence-corrected chi connectivity index (χ0v) is 17.8. The van der Waals surface area contributed by atoms with Crippen LogP contribution in [0.15, 0.2) is 46.2 Å². The van der Waals surface area contributed by atoms with Crippen molar-refractivity contribution in [1.82, 2.24) is 4.31 Å². The first-order valence-electron chi connectivity index (χ1n) is 9.63. The molecule has 0 N–H and O–H groups in total. The minimum atomic E-state index is -4.08. The van der Waals surface area contributed by atoms with E-state index in [1.165, 1.54) is 28.6 Å². The molecule has 1 fully saturated rings. The van der Waals surface area contributed by atoms with Gasteiger partial charge >= 0.3 is 0 Å². The Hall–Kier alpha value is -1.97. The maximum Gasteiger partial charge on any atom is 0.267 e. The molecule has 2 aliphatic heterocycles. The highest BCUT2D eigenvalue weighted by Crippen LogP contribution is 2.36. The monoisotopic (exact) mass is 438 g/mol. The summed E-state index contributed by atoms with van der Waals surface area (Å²) < 4.78 is 68.8. The fourth-order valence-corrected chi connectivity index (χ4v) is 7.16. The van der Waals surface area contributed by atoms with E-state index in [0.717, 1.165) is 29.6 Å². The summed E-state index contributed by atoms with van der Waals surface area (Å²) in [5, 5.41) is 0. The molecule has 29 heavy (non-hydrogen) atoms. The predicted molar refractivity (Wildman–Crippen MR) is 108 cm³/mol.